The zero-order chi connectivity index (χ0) is 14.4. The summed E-state index contributed by atoms with van der Waals surface area (Å²) in [5.74, 6) is -1.08. The molecule has 19 heavy (non-hydrogen) atoms. The Kier molecular flexibility index (Phi) is 5.47. The molecule has 0 bridgehead atoms. The Morgan fingerprint density at radius 3 is 2.32 bits per heavy atom. The van der Waals surface area contributed by atoms with Gasteiger partial charge in [0.2, 0.25) is 5.91 Å². The number of aliphatic hydroxyl groups is 2. The van der Waals surface area contributed by atoms with Crippen LogP contribution in [0.25, 0.3) is 0 Å². The van der Waals surface area contributed by atoms with Crippen LogP contribution >= 0.6 is 0 Å². The van der Waals surface area contributed by atoms with Gasteiger partial charge in [-0.15, -0.1) is 0 Å². The molecule has 0 aliphatic heterocycles. The summed E-state index contributed by atoms with van der Waals surface area (Å²) in [6.45, 7) is 3.12. The highest BCUT2D eigenvalue weighted by Gasteiger charge is 2.26. The molecule has 0 fully saturated rings. The van der Waals surface area contributed by atoms with E-state index in [0.717, 1.165) is 0 Å². The van der Waals surface area contributed by atoms with Crippen LogP contribution in [0.4, 0.5) is 5.69 Å². The van der Waals surface area contributed by atoms with E-state index in [0.29, 0.717) is 11.3 Å². The molecular formula is C13H17NO5. The lowest BCUT2D eigenvalue weighted by Gasteiger charge is -2.17. The summed E-state index contributed by atoms with van der Waals surface area (Å²) in [4.78, 5) is 22.1. The molecule has 0 aromatic heterocycles. The zero-order valence-corrected chi connectivity index (χ0v) is 10.8. The van der Waals surface area contributed by atoms with Crippen molar-refractivity contribution in [3.05, 3.63) is 29.8 Å². The number of hydrogen-bond acceptors (Lipinski definition) is 5. The van der Waals surface area contributed by atoms with Crippen LogP contribution in [0, 0.1) is 0 Å². The van der Waals surface area contributed by atoms with Crippen molar-refractivity contribution in [1.82, 2.24) is 0 Å². The number of rotatable bonds is 5. The Labute approximate surface area is 111 Å². The van der Waals surface area contributed by atoms with Crippen LogP contribution in [0.15, 0.2) is 24.3 Å². The lowest BCUT2D eigenvalue weighted by molar-refractivity contribution is -0.159. The van der Waals surface area contributed by atoms with Gasteiger partial charge in [0, 0.05) is 12.6 Å². The van der Waals surface area contributed by atoms with Crippen LogP contribution in [0.3, 0.4) is 0 Å². The van der Waals surface area contributed by atoms with E-state index >= 15 is 0 Å². The van der Waals surface area contributed by atoms with E-state index in [-0.39, 0.29) is 12.5 Å². The van der Waals surface area contributed by atoms with E-state index in [4.69, 9.17) is 0 Å². The molecule has 0 saturated carbocycles. The molecule has 6 nitrogen and oxygen atoms in total. The zero-order valence-electron chi connectivity index (χ0n) is 10.8. The molecule has 0 heterocycles. The van der Waals surface area contributed by atoms with Gasteiger partial charge in [-0.05, 0) is 24.6 Å². The average molecular weight is 267 g/mol. The van der Waals surface area contributed by atoms with E-state index in [2.05, 4.69) is 10.1 Å². The van der Waals surface area contributed by atoms with Crippen LogP contribution in [0.2, 0.25) is 0 Å². The van der Waals surface area contributed by atoms with E-state index in [1.807, 2.05) is 0 Å². The molecule has 0 spiro atoms. The molecule has 6 heteroatoms. The number of hydrogen-bond donors (Lipinski definition) is 3. The third-order valence-corrected chi connectivity index (χ3v) is 2.40. The number of amides is 1. The summed E-state index contributed by atoms with van der Waals surface area (Å²) in [7, 11) is 0. The highest BCUT2D eigenvalue weighted by Crippen LogP contribution is 2.20. The molecule has 1 aromatic carbocycles. The number of anilines is 1. The van der Waals surface area contributed by atoms with Crippen LogP contribution in [-0.2, 0) is 14.3 Å². The predicted octanol–water partition coefficient (Wildman–Crippen LogP) is 0.602. The smallest absolute Gasteiger partial charge is 0.338 e. The summed E-state index contributed by atoms with van der Waals surface area (Å²) in [6.07, 6.45) is -3.00. The summed E-state index contributed by atoms with van der Waals surface area (Å²) >= 11 is 0. The van der Waals surface area contributed by atoms with Crippen molar-refractivity contribution in [1.29, 1.82) is 0 Å². The quantitative estimate of drug-likeness (QED) is 0.679. The Balaban J connectivity index is 2.74. The highest BCUT2D eigenvalue weighted by atomic mass is 16.5. The van der Waals surface area contributed by atoms with E-state index in [9.17, 15) is 19.8 Å². The van der Waals surface area contributed by atoms with Crippen LogP contribution in [0.5, 0.6) is 0 Å². The Morgan fingerprint density at radius 2 is 1.84 bits per heavy atom. The first-order valence-electron chi connectivity index (χ1n) is 5.86. The number of aliphatic hydroxyl groups excluding tert-OH is 2. The molecule has 2 atom stereocenters. The fraction of sp³-hybridized carbons (Fsp3) is 0.385. The first-order chi connectivity index (χ1) is 8.95. The second-order valence-corrected chi connectivity index (χ2v) is 3.94. The molecule has 1 amide bonds. The fourth-order valence-corrected chi connectivity index (χ4v) is 1.51. The van der Waals surface area contributed by atoms with Gasteiger partial charge in [0.15, 0.2) is 6.10 Å². The minimum Gasteiger partial charge on any atom is -0.464 e. The summed E-state index contributed by atoms with van der Waals surface area (Å²) in [6, 6.07) is 6.16. The number of carbonyl (C=O) groups is 2. The van der Waals surface area contributed by atoms with Crippen molar-refractivity contribution in [3.8, 4) is 0 Å². The van der Waals surface area contributed by atoms with E-state index in [1.165, 1.54) is 19.1 Å². The molecule has 0 radical (unpaired) electrons. The van der Waals surface area contributed by atoms with Crippen molar-refractivity contribution < 1.29 is 24.5 Å². The molecule has 0 saturated heterocycles. The van der Waals surface area contributed by atoms with Gasteiger partial charge in [0.05, 0.1) is 6.61 Å². The van der Waals surface area contributed by atoms with Crippen molar-refractivity contribution in [2.75, 3.05) is 11.9 Å². The number of carbonyl (C=O) groups excluding carboxylic acids is 2. The summed E-state index contributed by atoms with van der Waals surface area (Å²) in [5, 5.41) is 22.0. The number of nitrogens with one attached hydrogen (secondary N) is 1. The maximum Gasteiger partial charge on any atom is 0.338 e. The van der Waals surface area contributed by atoms with Gasteiger partial charge in [-0.25, -0.2) is 4.79 Å². The Hall–Kier alpha value is -1.92. The van der Waals surface area contributed by atoms with Gasteiger partial charge in [-0.2, -0.15) is 0 Å². The van der Waals surface area contributed by atoms with Gasteiger partial charge in [-0.1, -0.05) is 12.1 Å². The topological polar surface area (TPSA) is 95.9 Å². The number of esters is 1. The number of ether oxygens (including phenoxy) is 1. The minimum absolute atomic E-state index is 0.129. The van der Waals surface area contributed by atoms with Gasteiger partial charge in [-0.3, -0.25) is 4.79 Å². The van der Waals surface area contributed by atoms with Gasteiger partial charge < -0.3 is 20.3 Å². The molecule has 3 N–H and O–H groups in total. The van der Waals surface area contributed by atoms with Gasteiger partial charge in [0.1, 0.15) is 6.10 Å². The SMILES string of the molecule is CCOC(=O)C(O)C(O)c1ccc(NC(C)=O)cc1. The van der Waals surface area contributed by atoms with Crippen molar-refractivity contribution in [2.45, 2.75) is 26.1 Å². The summed E-state index contributed by atoms with van der Waals surface area (Å²) < 4.78 is 4.62. The lowest BCUT2D eigenvalue weighted by atomic mass is 10.0. The van der Waals surface area contributed by atoms with Gasteiger partial charge in [0.25, 0.3) is 0 Å². The molecule has 1 rings (SSSR count). The molecule has 1 aromatic rings. The Morgan fingerprint density at radius 1 is 1.26 bits per heavy atom. The largest absolute Gasteiger partial charge is 0.464 e. The van der Waals surface area contributed by atoms with Crippen LogP contribution in [0.1, 0.15) is 25.5 Å². The van der Waals surface area contributed by atoms with Crippen molar-refractivity contribution in [2.24, 2.45) is 0 Å². The monoisotopic (exact) mass is 267 g/mol. The van der Waals surface area contributed by atoms with E-state index in [1.54, 1.807) is 19.1 Å². The molecule has 0 aliphatic rings. The normalized spacial score (nSPS) is 13.5. The average Bonchev–Trinajstić information content (AvgIpc) is 2.37. The predicted molar refractivity (Wildman–Crippen MR) is 68.3 cm³/mol. The second kappa shape index (κ2) is 6.86. The van der Waals surface area contributed by atoms with Crippen LogP contribution < -0.4 is 5.32 Å². The molecular weight excluding hydrogens is 250 g/mol. The summed E-state index contributed by atoms with van der Waals surface area (Å²) in [5.41, 5.74) is 0.920. The fourth-order valence-electron chi connectivity index (χ4n) is 1.51. The molecule has 2 unspecified atom stereocenters. The maximum atomic E-state index is 11.3. The Bertz CT molecular complexity index is 443. The second-order valence-electron chi connectivity index (χ2n) is 3.94. The minimum atomic E-state index is -1.63. The first kappa shape index (κ1) is 15.1. The van der Waals surface area contributed by atoms with Gasteiger partial charge >= 0.3 is 5.97 Å². The third-order valence-electron chi connectivity index (χ3n) is 2.40. The van der Waals surface area contributed by atoms with Crippen molar-refractivity contribution >= 4 is 17.6 Å². The highest BCUT2D eigenvalue weighted by molar-refractivity contribution is 5.88. The lowest BCUT2D eigenvalue weighted by Crippen LogP contribution is -2.29. The van der Waals surface area contributed by atoms with Crippen LogP contribution in [-0.4, -0.2) is 34.8 Å². The third kappa shape index (κ3) is 4.35. The molecule has 104 valence electrons. The van der Waals surface area contributed by atoms with E-state index < -0.39 is 18.2 Å². The first-order valence-corrected chi connectivity index (χ1v) is 5.86. The van der Waals surface area contributed by atoms with Crippen molar-refractivity contribution in [3.63, 3.8) is 0 Å². The standard InChI is InChI=1S/C13H17NO5/c1-3-19-13(18)12(17)11(16)9-4-6-10(7-5-9)14-8(2)15/h4-7,11-12,16-17H,3H2,1-2H3,(H,14,15). The maximum absolute atomic E-state index is 11.3. The number of benzene rings is 1. The molecule has 0 aliphatic carbocycles.